The van der Waals surface area contributed by atoms with E-state index in [1.165, 1.54) is 12.1 Å². The van der Waals surface area contributed by atoms with Crippen LogP contribution in [0.1, 0.15) is 22.5 Å². The minimum Gasteiger partial charge on any atom is -0.488 e. The number of fused-ring (bicyclic) bond motifs is 1. The predicted octanol–water partition coefficient (Wildman–Crippen LogP) is 6.42. The van der Waals surface area contributed by atoms with Crippen molar-refractivity contribution in [3.8, 4) is 11.8 Å². The van der Waals surface area contributed by atoms with Crippen LogP contribution in [0.25, 0.3) is 22.7 Å². The first-order valence-electron chi connectivity index (χ1n) is 9.27. The van der Waals surface area contributed by atoms with Crippen LogP contribution >= 0.6 is 15.9 Å². The standard InChI is InChI=1S/C24H17BrFN3O/c1-15-5-7-21-22(9-15)29-24(28-21)18(13-27)10-16-6-8-23(20(25)12-16)30-14-17-3-2-4-19(26)11-17/h2-12H,14H2,1H3,(H,28,29)/b18-10-. The molecule has 148 valence electrons. The molecule has 0 spiro atoms. The maximum Gasteiger partial charge on any atom is 0.149 e. The lowest BCUT2D eigenvalue weighted by molar-refractivity contribution is 0.303. The van der Waals surface area contributed by atoms with Crippen molar-refractivity contribution >= 4 is 38.6 Å². The number of H-pyrrole nitrogens is 1. The molecule has 0 atom stereocenters. The van der Waals surface area contributed by atoms with Crippen LogP contribution in [-0.4, -0.2) is 9.97 Å². The fourth-order valence-electron chi connectivity index (χ4n) is 3.08. The third kappa shape index (κ3) is 4.42. The van der Waals surface area contributed by atoms with Crippen molar-refractivity contribution in [2.75, 3.05) is 0 Å². The van der Waals surface area contributed by atoms with Gasteiger partial charge in [0.1, 0.15) is 30.1 Å². The van der Waals surface area contributed by atoms with Crippen molar-refractivity contribution in [3.05, 3.63) is 93.5 Å². The number of nitriles is 1. The van der Waals surface area contributed by atoms with E-state index in [2.05, 4.69) is 32.0 Å². The number of ether oxygens (including phenoxy) is 1. The predicted molar refractivity (Wildman–Crippen MR) is 119 cm³/mol. The average Bonchev–Trinajstić information content (AvgIpc) is 3.14. The van der Waals surface area contributed by atoms with Gasteiger partial charge in [-0.25, -0.2) is 9.37 Å². The maximum atomic E-state index is 13.3. The van der Waals surface area contributed by atoms with E-state index in [9.17, 15) is 9.65 Å². The summed E-state index contributed by atoms with van der Waals surface area (Å²) in [4.78, 5) is 7.73. The number of rotatable bonds is 5. The molecule has 0 saturated heterocycles. The number of nitrogens with zero attached hydrogens (tertiary/aromatic N) is 2. The number of allylic oxidation sites excluding steroid dienone is 1. The molecule has 4 nitrogen and oxygen atoms in total. The highest BCUT2D eigenvalue weighted by molar-refractivity contribution is 9.10. The molecule has 0 saturated carbocycles. The molecule has 1 N–H and O–H groups in total. The van der Waals surface area contributed by atoms with Crippen LogP contribution < -0.4 is 4.74 Å². The van der Waals surface area contributed by atoms with E-state index in [0.29, 0.717) is 17.1 Å². The Morgan fingerprint density at radius 2 is 2.07 bits per heavy atom. The largest absolute Gasteiger partial charge is 0.488 e. The zero-order valence-electron chi connectivity index (χ0n) is 16.1. The third-order valence-electron chi connectivity index (χ3n) is 4.56. The molecule has 0 radical (unpaired) electrons. The first kappa shape index (κ1) is 19.9. The van der Waals surface area contributed by atoms with E-state index in [0.717, 1.165) is 32.2 Å². The molecule has 0 unspecified atom stereocenters. The van der Waals surface area contributed by atoms with E-state index in [4.69, 9.17) is 4.74 Å². The van der Waals surface area contributed by atoms with E-state index in [1.54, 1.807) is 12.1 Å². The zero-order valence-corrected chi connectivity index (χ0v) is 17.7. The minimum atomic E-state index is -0.291. The van der Waals surface area contributed by atoms with E-state index >= 15 is 0 Å². The molecule has 0 aliphatic carbocycles. The summed E-state index contributed by atoms with van der Waals surface area (Å²) in [5.41, 5.74) is 4.85. The second kappa shape index (κ2) is 8.52. The summed E-state index contributed by atoms with van der Waals surface area (Å²) < 4.78 is 19.8. The Morgan fingerprint density at radius 1 is 1.20 bits per heavy atom. The summed E-state index contributed by atoms with van der Waals surface area (Å²) in [5, 5.41) is 9.63. The average molecular weight is 462 g/mol. The molecule has 0 bridgehead atoms. The van der Waals surface area contributed by atoms with Crippen LogP contribution in [0.15, 0.2) is 65.1 Å². The molecule has 0 amide bonds. The van der Waals surface area contributed by atoms with Crippen LogP contribution in [0.5, 0.6) is 5.75 Å². The first-order chi connectivity index (χ1) is 14.5. The van der Waals surface area contributed by atoms with Crippen molar-refractivity contribution in [2.45, 2.75) is 13.5 Å². The van der Waals surface area contributed by atoms with Crippen molar-refractivity contribution in [2.24, 2.45) is 0 Å². The number of benzene rings is 3. The fraction of sp³-hybridized carbons (Fsp3) is 0.0833. The van der Waals surface area contributed by atoms with Crippen LogP contribution in [0.3, 0.4) is 0 Å². The van der Waals surface area contributed by atoms with Gasteiger partial charge in [-0.05, 0) is 82.0 Å². The Morgan fingerprint density at radius 3 is 2.83 bits per heavy atom. The Hall–Kier alpha value is -3.43. The topological polar surface area (TPSA) is 61.7 Å². The van der Waals surface area contributed by atoms with E-state index < -0.39 is 0 Å². The van der Waals surface area contributed by atoms with Gasteiger partial charge in [0, 0.05) is 0 Å². The second-order valence-electron chi connectivity index (χ2n) is 6.88. The first-order valence-corrected chi connectivity index (χ1v) is 10.1. The molecule has 0 fully saturated rings. The molecular weight excluding hydrogens is 445 g/mol. The SMILES string of the molecule is Cc1ccc2nc(/C(C#N)=C\c3ccc(OCc4cccc(F)c4)c(Br)c3)[nH]c2c1. The van der Waals surface area contributed by atoms with Crippen LogP contribution in [0, 0.1) is 24.1 Å². The van der Waals surface area contributed by atoms with Crippen LogP contribution in [0.4, 0.5) is 4.39 Å². The number of aryl methyl sites for hydroxylation is 1. The Bertz CT molecular complexity index is 1300. The highest BCUT2D eigenvalue weighted by Gasteiger charge is 2.09. The van der Waals surface area contributed by atoms with E-state index in [1.807, 2.05) is 49.4 Å². The van der Waals surface area contributed by atoms with Gasteiger partial charge >= 0.3 is 0 Å². The minimum absolute atomic E-state index is 0.257. The lowest BCUT2D eigenvalue weighted by Crippen LogP contribution is -1.96. The normalized spacial score (nSPS) is 11.5. The monoisotopic (exact) mass is 461 g/mol. The summed E-state index contributed by atoms with van der Waals surface area (Å²) in [6.07, 6.45) is 1.77. The molecule has 4 aromatic rings. The molecular formula is C24H17BrFN3O. The van der Waals surface area contributed by atoms with Gasteiger partial charge in [-0.1, -0.05) is 24.3 Å². The van der Waals surface area contributed by atoms with E-state index in [-0.39, 0.29) is 12.4 Å². The fourth-order valence-corrected chi connectivity index (χ4v) is 3.59. The number of aromatic nitrogens is 2. The van der Waals surface area contributed by atoms with Gasteiger partial charge in [-0.3, -0.25) is 0 Å². The zero-order chi connectivity index (χ0) is 21.1. The number of hydrogen-bond donors (Lipinski definition) is 1. The molecule has 3 aromatic carbocycles. The summed E-state index contributed by atoms with van der Waals surface area (Å²) in [6.45, 7) is 2.27. The number of aromatic amines is 1. The van der Waals surface area contributed by atoms with Gasteiger partial charge in [-0.2, -0.15) is 5.26 Å². The molecule has 4 rings (SSSR count). The molecule has 1 aromatic heterocycles. The number of nitrogens with one attached hydrogen (secondary N) is 1. The van der Waals surface area contributed by atoms with Crippen LogP contribution in [0.2, 0.25) is 0 Å². The van der Waals surface area contributed by atoms with Crippen LogP contribution in [-0.2, 0) is 6.61 Å². The van der Waals surface area contributed by atoms with Gasteiger partial charge in [0.05, 0.1) is 21.1 Å². The second-order valence-corrected chi connectivity index (χ2v) is 7.74. The van der Waals surface area contributed by atoms with Gasteiger partial charge in [0.2, 0.25) is 0 Å². The lowest BCUT2D eigenvalue weighted by atomic mass is 10.1. The molecule has 0 aliphatic heterocycles. The van der Waals surface area contributed by atoms with Crippen molar-refractivity contribution in [1.82, 2.24) is 9.97 Å². The van der Waals surface area contributed by atoms with Crippen molar-refractivity contribution in [1.29, 1.82) is 5.26 Å². The molecule has 30 heavy (non-hydrogen) atoms. The van der Waals surface area contributed by atoms with Crippen molar-refractivity contribution < 1.29 is 9.13 Å². The van der Waals surface area contributed by atoms with Gasteiger partial charge in [0.25, 0.3) is 0 Å². The smallest absolute Gasteiger partial charge is 0.149 e. The highest BCUT2D eigenvalue weighted by atomic mass is 79.9. The molecule has 0 aliphatic rings. The number of imidazole rings is 1. The summed E-state index contributed by atoms with van der Waals surface area (Å²) >= 11 is 3.50. The molecule has 6 heteroatoms. The third-order valence-corrected chi connectivity index (χ3v) is 5.18. The Kier molecular flexibility index (Phi) is 5.64. The van der Waals surface area contributed by atoms with Gasteiger partial charge in [-0.15, -0.1) is 0 Å². The highest BCUT2D eigenvalue weighted by Crippen LogP contribution is 2.29. The summed E-state index contributed by atoms with van der Waals surface area (Å²) in [5.74, 6) is 0.871. The number of hydrogen-bond acceptors (Lipinski definition) is 3. The molecule has 1 heterocycles. The number of halogens is 2. The maximum absolute atomic E-state index is 13.3. The quantitative estimate of drug-likeness (QED) is 0.349. The van der Waals surface area contributed by atoms with Gasteiger partial charge in [0.15, 0.2) is 0 Å². The Balaban J connectivity index is 1.56. The summed E-state index contributed by atoms with van der Waals surface area (Å²) in [6, 6.07) is 20.0. The van der Waals surface area contributed by atoms with Crippen molar-refractivity contribution in [3.63, 3.8) is 0 Å². The van der Waals surface area contributed by atoms with Gasteiger partial charge < -0.3 is 9.72 Å². The Labute approximate surface area is 181 Å². The summed E-state index contributed by atoms with van der Waals surface area (Å²) in [7, 11) is 0. The lowest BCUT2D eigenvalue weighted by Gasteiger charge is -2.09.